The predicted molar refractivity (Wildman–Crippen MR) is 129 cm³/mol. The van der Waals surface area contributed by atoms with Crippen LogP contribution in [0.1, 0.15) is 19.4 Å². The van der Waals surface area contributed by atoms with Crippen LogP contribution in [0.4, 0.5) is 17.3 Å². The van der Waals surface area contributed by atoms with Gasteiger partial charge in [0.1, 0.15) is 0 Å². The van der Waals surface area contributed by atoms with E-state index in [0.29, 0.717) is 28.9 Å². The SMILES string of the molecule is CCN(CC)CCN1C(=O)Cc2cnc(Nc3ccc(O)c(O)c3)nc2-c2ccc(Cl)cc21. The molecular formula is C24H26ClN5O3. The molecule has 0 saturated heterocycles. The second-order valence-corrected chi connectivity index (χ2v) is 8.24. The molecule has 1 aliphatic heterocycles. The smallest absolute Gasteiger partial charge is 0.231 e. The molecule has 2 heterocycles. The molecule has 2 aromatic carbocycles. The summed E-state index contributed by atoms with van der Waals surface area (Å²) >= 11 is 6.32. The number of phenolic OH excluding ortho intramolecular Hbond substituents is 2. The van der Waals surface area contributed by atoms with E-state index in [1.165, 1.54) is 12.1 Å². The highest BCUT2D eigenvalue weighted by molar-refractivity contribution is 6.31. The highest BCUT2D eigenvalue weighted by Gasteiger charge is 2.28. The van der Waals surface area contributed by atoms with Gasteiger partial charge in [0.2, 0.25) is 11.9 Å². The number of hydrogen-bond donors (Lipinski definition) is 3. The average molecular weight is 468 g/mol. The van der Waals surface area contributed by atoms with Crippen LogP contribution in [0.2, 0.25) is 5.02 Å². The minimum Gasteiger partial charge on any atom is -0.504 e. The molecule has 0 atom stereocenters. The van der Waals surface area contributed by atoms with Crippen LogP contribution in [-0.2, 0) is 11.2 Å². The maximum Gasteiger partial charge on any atom is 0.231 e. The summed E-state index contributed by atoms with van der Waals surface area (Å²) in [5.41, 5.74) is 3.44. The number of aromatic nitrogens is 2. The van der Waals surface area contributed by atoms with Crippen molar-refractivity contribution in [3.63, 3.8) is 0 Å². The van der Waals surface area contributed by atoms with Crippen molar-refractivity contribution >= 4 is 34.8 Å². The van der Waals surface area contributed by atoms with Crippen molar-refractivity contribution in [2.75, 3.05) is 36.4 Å². The monoisotopic (exact) mass is 467 g/mol. The van der Waals surface area contributed by atoms with Gasteiger partial charge < -0.3 is 25.3 Å². The van der Waals surface area contributed by atoms with Gasteiger partial charge in [-0.15, -0.1) is 0 Å². The molecule has 33 heavy (non-hydrogen) atoms. The lowest BCUT2D eigenvalue weighted by molar-refractivity contribution is -0.118. The number of carbonyl (C=O) groups excluding carboxylic acids is 1. The van der Waals surface area contributed by atoms with Gasteiger partial charge in [-0.05, 0) is 43.4 Å². The molecular weight excluding hydrogens is 442 g/mol. The first-order chi connectivity index (χ1) is 15.9. The fourth-order valence-electron chi connectivity index (χ4n) is 3.91. The molecule has 0 saturated carbocycles. The van der Waals surface area contributed by atoms with Crippen LogP contribution in [0.15, 0.2) is 42.6 Å². The van der Waals surface area contributed by atoms with Crippen molar-refractivity contribution in [2.45, 2.75) is 20.3 Å². The Balaban J connectivity index is 1.72. The van der Waals surface area contributed by atoms with Crippen molar-refractivity contribution in [3.8, 4) is 22.8 Å². The van der Waals surface area contributed by atoms with Crippen molar-refractivity contribution in [1.29, 1.82) is 0 Å². The quantitative estimate of drug-likeness (QED) is 0.354. The fraction of sp³-hybridized carbons (Fsp3) is 0.292. The Labute approximate surface area is 197 Å². The van der Waals surface area contributed by atoms with Crippen LogP contribution in [-0.4, -0.2) is 57.2 Å². The van der Waals surface area contributed by atoms with Gasteiger partial charge in [-0.2, -0.15) is 0 Å². The lowest BCUT2D eigenvalue weighted by Gasteiger charge is -2.27. The third kappa shape index (κ3) is 4.86. The maximum absolute atomic E-state index is 13.2. The van der Waals surface area contributed by atoms with Crippen LogP contribution in [0.5, 0.6) is 11.5 Å². The van der Waals surface area contributed by atoms with Gasteiger partial charge in [0.15, 0.2) is 11.5 Å². The summed E-state index contributed by atoms with van der Waals surface area (Å²) in [7, 11) is 0. The van der Waals surface area contributed by atoms with Crippen molar-refractivity contribution in [3.05, 3.63) is 53.2 Å². The third-order valence-corrected chi connectivity index (χ3v) is 6.01. The Morgan fingerprint density at radius 3 is 2.64 bits per heavy atom. The van der Waals surface area contributed by atoms with Crippen LogP contribution in [0.3, 0.4) is 0 Å². The predicted octanol–water partition coefficient (Wildman–Crippen LogP) is 4.18. The first-order valence-electron chi connectivity index (χ1n) is 10.9. The Morgan fingerprint density at radius 2 is 1.91 bits per heavy atom. The summed E-state index contributed by atoms with van der Waals surface area (Å²) in [5, 5.41) is 22.9. The molecule has 0 bridgehead atoms. The highest BCUT2D eigenvalue weighted by atomic mass is 35.5. The number of hydrogen-bond acceptors (Lipinski definition) is 7. The molecule has 0 aliphatic carbocycles. The molecule has 0 fully saturated rings. The number of halogens is 1. The van der Waals surface area contributed by atoms with E-state index in [2.05, 4.69) is 34.0 Å². The zero-order valence-electron chi connectivity index (χ0n) is 18.5. The Bertz CT molecular complexity index is 1180. The molecule has 0 unspecified atom stereocenters. The van der Waals surface area contributed by atoms with Gasteiger partial charge in [-0.1, -0.05) is 25.4 Å². The van der Waals surface area contributed by atoms with E-state index in [1.54, 1.807) is 29.3 Å². The maximum atomic E-state index is 13.2. The third-order valence-electron chi connectivity index (χ3n) is 5.78. The highest BCUT2D eigenvalue weighted by Crippen LogP contribution is 2.38. The number of rotatable bonds is 7. The summed E-state index contributed by atoms with van der Waals surface area (Å²) < 4.78 is 0. The van der Waals surface area contributed by atoms with E-state index in [-0.39, 0.29) is 23.8 Å². The summed E-state index contributed by atoms with van der Waals surface area (Å²) in [4.78, 5) is 26.3. The van der Waals surface area contributed by atoms with E-state index in [0.717, 1.165) is 36.4 Å². The molecule has 3 N–H and O–H groups in total. The number of aromatic hydroxyl groups is 2. The van der Waals surface area contributed by atoms with Crippen molar-refractivity contribution in [2.24, 2.45) is 0 Å². The Morgan fingerprint density at radius 1 is 1.12 bits per heavy atom. The number of nitrogens with zero attached hydrogens (tertiary/aromatic N) is 4. The number of carbonyl (C=O) groups is 1. The van der Waals surface area contributed by atoms with Gasteiger partial charge in [-0.3, -0.25) is 4.79 Å². The van der Waals surface area contributed by atoms with Crippen LogP contribution in [0, 0.1) is 0 Å². The van der Waals surface area contributed by atoms with Gasteiger partial charge in [-0.25, -0.2) is 9.97 Å². The molecule has 4 rings (SSSR count). The molecule has 0 radical (unpaired) electrons. The standard InChI is InChI=1S/C24H26ClN5O3/c1-3-29(4-2)9-10-30-19-12-16(25)5-7-18(19)23-15(11-22(30)33)14-26-24(28-23)27-17-6-8-20(31)21(32)13-17/h5-8,12-14,31-32H,3-4,9-11H2,1-2H3,(H,26,27,28). The second kappa shape index (κ2) is 9.64. The minimum atomic E-state index is -0.246. The van der Waals surface area contributed by atoms with E-state index in [1.807, 2.05) is 6.07 Å². The number of phenols is 2. The van der Waals surface area contributed by atoms with Crippen LogP contribution in [0.25, 0.3) is 11.3 Å². The molecule has 1 aromatic heterocycles. The molecule has 1 aliphatic rings. The summed E-state index contributed by atoms with van der Waals surface area (Å²) in [6.45, 7) is 7.33. The molecule has 9 heteroatoms. The van der Waals surface area contributed by atoms with E-state index < -0.39 is 0 Å². The molecule has 3 aromatic rings. The van der Waals surface area contributed by atoms with Gasteiger partial charge in [0, 0.05) is 47.2 Å². The summed E-state index contributed by atoms with van der Waals surface area (Å²) in [6, 6.07) is 9.84. The number of benzene rings is 2. The molecule has 0 spiro atoms. The summed E-state index contributed by atoms with van der Waals surface area (Å²) in [6.07, 6.45) is 1.83. The number of likely N-dealkylation sites (N-methyl/N-ethyl adjacent to an activating group) is 1. The van der Waals surface area contributed by atoms with Gasteiger partial charge in [0.25, 0.3) is 0 Å². The van der Waals surface area contributed by atoms with Crippen LogP contribution < -0.4 is 10.2 Å². The number of anilines is 3. The normalized spacial score (nSPS) is 13.0. The summed E-state index contributed by atoms with van der Waals surface area (Å²) in [5.74, 6) is -0.178. The zero-order chi connectivity index (χ0) is 23.5. The molecule has 172 valence electrons. The number of nitrogens with one attached hydrogen (secondary N) is 1. The lowest BCUT2D eigenvalue weighted by Crippen LogP contribution is -2.39. The number of amides is 1. The first kappa shape index (κ1) is 22.8. The lowest BCUT2D eigenvalue weighted by atomic mass is 10.1. The largest absolute Gasteiger partial charge is 0.504 e. The van der Waals surface area contributed by atoms with E-state index in [9.17, 15) is 15.0 Å². The number of fused-ring (bicyclic) bond motifs is 3. The van der Waals surface area contributed by atoms with Gasteiger partial charge >= 0.3 is 0 Å². The fourth-order valence-corrected chi connectivity index (χ4v) is 4.07. The van der Waals surface area contributed by atoms with Crippen molar-refractivity contribution in [1.82, 2.24) is 14.9 Å². The topological polar surface area (TPSA) is 102 Å². The van der Waals surface area contributed by atoms with E-state index in [4.69, 9.17) is 11.6 Å². The second-order valence-electron chi connectivity index (χ2n) is 7.81. The van der Waals surface area contributed by atoms with E-state index >= 15 is 0 Å². The Hall–Kier alpha value is -3.36. The molecule has 1 amide bonds. The van der Waals surface area contributed by atoms with Gasteiger partial charge in [0.05, 0.1) is 17.8 Å². The molecule has 8 nitrogen and oxygen atoms in total. The first-order valence-corrected chi connectivity index (χ1v) is 11.2. The van der Waals surface area contributed by atoms with Crippen molar-refractivity contribution < 1.29 is 15.0 Å². The Kier molecular flexibility index (Phi) is 6.67. The van der Waals surface area contributed by atoms with Crippen LogP contribution >= 0.6 is 11.6 Å². The minimum absolute atomic E-state index is 0.0304. The average Bonchev–Trinajstić information content (AvgIpc) is 2.91. The zero-order valence-corrected chi connectivity index (χ0v) is 19.3.